The first-order valence-electron chi connectivity index (χ1n) is 10.4. The number of aliphatic hydroxyl groups is 1. The minimum atomic E-state index is 0.0327. The van der Waals surface area contributed by atoms with Gasteiger partial charge in [-0.25, -0.2) is 0 Å². The molecule has 0 unspecified atom stereocenters. The number of nitriles is 1. The summed E-state index contributed by atoms with van der Waals surface area (Å²) < 4.78 is 11.7. The molecule has 1 aliphatic heterocycles. The van der Waals surface area contributed by atoms with Gasteiger partial charge in [0.05, 0.1) is 11.7 Å². The van der Waals surface area contributed by atoms with Gasteiger partial charge in [0.1, 0.15) is 24.2 Å². The van der Waals surface area contributed by atoms with Gasteiger partial charge >= 0.3 is 0 Å². The second kappa shape index (κ2) is 10.3. The third-order valence-electron chi connectivity index (χ3n) is 5.08. The maximum absolute atomic E-state index is 9.38. The predicted molar refractivity (Wildman–Crippen MR) is 113 cm³/mol. The third-order valence-corrected chi connectivity index (χ3v) is 5.08. The highest BCUT2D eigenvalue weighted by atomic mass is 16.5. The normalized spacial score (nSPS) is 13.8. The van der Waals surface area contributed by atoms with Crippen LogP contribution in [0.4, 0.5) is 0 Å². The van der Waals surface area contributed by atoms with Crippen molar-refractivity contribution in [2.75, 3.05) is 19.7 Å². The summed E-state index contributed by atoms with van der Waals surface area (Å²) in [5.41, 5.74) is 4.19. The van der Waals surface area contributed by atoms with E-state index in [9.17, 15) is 5.26 Å². The van der Waals surface area contributed by atoms with E-state index in [-0.39, 0.29) is 12.7 Å². The van der Waals surface area contributed by atoms with Gasteiger partial charge in [0.15, 0.2) is 0 Å². The van der Waals surface area contributed by atoms with Crippen molar-refractivity contribution in [1.29, 1.82) is 5.26 Å². The Morgan fingerprint density at radius 1 is 1.14 bits per heavy atom. The molecule has 0 fully saturated rings. The summed E-state index contributed by atoms with van der Waals surface area (Å²) in [5, 5.41) is 18.3. The fourth-order valence-electron chi connectivity index (χ4n) is 3.59. The molecule has 0 spiro atoms. The number of benzene rings is 2. The summed E-state index contributed by atoms with van der Waals surface area (Å²) >= 11 is 0. The lowest BCUT2D eigenvalue weighted by Gasteiger charge is -2.29. The molecule has 0 aromatic heterocycles. The van der Waals surface area contributed by atoms with Crippen molar-refractivity contribution < 1.29 is 14.6 Å². The van der Waals surface area contributed by atoms with Gasteiger partial charge in [0.25, 0.3) is 0 Å². The fraction of sp³-hybridized carbons (Fsp3) is 0.458. The van der Waals surface area contributed by atoms with Crippen LogP contribution in [0.3, 0.4) is 0 Å². The Bertz CT molecular complexity index is 858. The highest BCUT2D eigenvalue weighted by Gasteiger charge is 2.16. The van der Waals surface area contributed by atoms with Crippen molar-refractivity contribution in [1.82, 2.24) is 4.90 Å². The van der Waals surface area contributed by atoms with Crippen LogP contribution in [-0.2, 0) is 19.6 Å². The van der Waals surface area contributed by atoms with E-state index < -0.39 is 0 Å². The second-order valence-corrected chi connectivity index (χ2v) is 7.78. The minimum Gasteiger partial charge on any atom is -0.490 e. The number of unbranched alkanes of at least 4 members (excludes halogenated alkanes) is 1. The van der Waals surface area contributed by atoms with Gasteiger partial charge in [0.2, 0.25) is 0 Å². The molecule has 0 atom stereocenters. The monoisotopic (exact) mass is 394 g/mol. The average molecular weight is 395 g/mol. The molecular weight excluding hydrogens is 364 g/mol. The van der Waals surface area contributed by atoms with Crippen molar-refractivity contribution in [2.24, 2.45) is 0 Å². The van der Waals surface area contributed by atoms with Gasteiger partial charge < -0.3 is 14.6 Å². The zero-order valence-electron chi connectivity index (χ0n) is 17.4. The zero-order chi connectivity index (χ0) is 20.6. The van der Waals surface area contributed by atoms with Crippen LogP contribution < -0.4 is 9.47 Å². The van der Waals surface area contributed by atoms with Crippen LogP contribution in [0.1, 0.15) is 48.9 Å². The van der Waals surface area contributed by atoms with Gasteiger partial charge in [-0.1, -0.05) is 12.1 Å². The maximum atomic E-state index is 9.38. The first kappa shape index (κ1) is 21.2. The van der Waals surface area contributed by atoms with Crippen LogP contribution in [-0.4, -0.2) is 35.8 Å². The summed E-state index contributed by atoms with van der Waals surface area (Å²) in [6.45, 7) is 7.63. The van der Waals surface area contributed by atoms with Crippen molar-refractivity contribution in [2.45, 2.75) is 52.4 Å². The molecule has 1 N–H and O–H groups in total. The highest BCUT2D eigenvalue weighted by molar-refractivity contribution is 5.45. The molecule has 0 bridgehead atoms. The lowest BCUT2D eigenvalue weighted by Crippen LogP contribution is -2.31. The molecule has 2 aromatic rings. The number of rotatable bonds is 9. The predicted octanol–water partition coefficient (Wildman–Crippen LogP) is 4.06. The third kappa shape index (κ3) is 5.96. The molecule has 2 aromatic carbocycles. The smallest absolute Gasteiger partial charge is 0.137 e. The summed E-state index contributed by atoms with van der Waals surface area (Å²) in [7, 11) is 0. The van der Waals surface area contributed by atoms with Crippen LogP contribution in [0.25, 0.3) is 0 Å². The van der Waals surface area contributed by atoms with E-state index in [2.05, 4.69) is 23.1 Å². The number of ether oxygens (including phenoxy) is 2. The standard InChI is InChI=1S/C24H30N2O3/c1-18(2)29-24-8-5-19(13-22(24)15-25)17-28-23-7-6-21-16-26(10-3-4-12-27)11-9-20(21)14-23/h5-8,13-14,18,27H,3-4,9-12,16-17H2,1-2H3. The van der Waals surface area contributed by atoms with Crippen LogP contribution in [0.15, 0.2) is 36.4 Å². The van der Waals surface area contributed by atoms with E-state index >= 15 is 0 Å². The second-order valence-electron chi connectivity index (χ2n) is 7.78. The van der Waals surface area contributed by atoms with E-state index in [0.29, 0.717) is 17.9 Å². The molecule has 1 aliphatic rings. The first-order valence-corrected chi connectivity index (χ1v) is 10.4. The molecular formula is C24H30N2O3. The van der Waals surface area contributed by atoms with Crippen LogP contribution in [0.2, 0.25) is 0 Å². The molecule has 3 rings (SSSR count). The van der Waals surface area contributed by atoms with Crippen molar-refractivity contribution in [3.05, 3.63) is 58.7 Å². The van der Waals surface area contributed by atoms with Crippen molar-refractivity contribution in [3.63, 3.8) is 0 Å². The number of nitrogens with zero attached hydrogens (tertiary/aromatic N) is 2. The zero-order valence-corrected chi connectivity index (χ0v) is 17.4. The SMILES string of the molecule is CC(C)Oc1ccc(COc2ccc3c(c2)CCN(CCCCO)C3)cc1C#N. The van der Waals surface area contributed by atoms with Gasteiger partial charge in [-0.3, -0.25) is 4.90 Å². The lowest BCUT2D eigenvalue weighted by atomic mass is 9.99. The summed E-state index contributed by atoms with van der Waals surface area (Å²) in [5.74, 6) is 1.47. The van der Waals surface area contributed by atoms with E-state index in [1.807, 2.05) is 38.1 Å². The summed E-state index contributed by atoms with van der Waals surface area (Å²) in [4.78, 5) is 2.45. The minimum absolute atomic E-state index is 0.0327. The number of fused-ring (bicyclic) bond motifs is 1. The van der Waals surface area contributed by atoms with Gasteiger partial charge in [0, 0.05) is 19.7 Å². The topological polar surface area (TPSA) is 65.7 Å². The molecule has 5 heteroatoms. The fourth-order valence-corrected chi connectivity index (χ4v) is 3.59. The molecule has 5 nitrogen and oxygen atoms in total. The number of hydrogen-bond donors (Lipinski definition) is 1. The number of hydrogen-bond acceptors (Lipinski definition) is 5. The Labute approximate surface area is 173 Å². The Kier molecular flexibility index (Phi) is 7.51. The van der Waals surface area contributed by atoms with Gasteiger partial charge in [-0.15, -0.1) is 0 Å². The average Bonchev–Trinajstić information content (AvgIpc) is 2.72. The molecule has 0 saturated carbocycles. The maximum Gasteiger partial charge on any atom is 0.137 e. The lowest BCUT2D eigenvalue weighted by molar-refractivity contribution is 0.228. The molecule has 154 valence electrons. The molecule has 0 saturated heterocycles. The van der Waals surface area contributed by atoms with Crippen molar-refractivity contribution >= 4 is 0 Å². The quantitative estimate of drug-likeness (QED) is 0.650. The largest absolute Gasteiger partial charge is 0.490 e. The Hall–Kier alpha value is -2.55. The van der Waals surface area contributed by atoms with E-state index in [1.54, 1.807) is 0 Å². The molecule has 0 aliphatic carbocycles. The van der Waals surface area contributed by atoms with E-state index in [4.69, 9.17) is 14.6 Å². The Morgan fingerprint density at radius 3 is 2.76 bits per heavy atom. The van der Waals surface area contributed by atoms with Crippen molar-refractivity contribution in [3.8, 4) is 17.6 Å². The summed E-state index contributed by atoms with van der Waals surface area (Å²) in [6, 6.07) is 14.1. The summed E-state index contributed by atoms with van der Waals surface area (Å²) in [6.07, 6.45) is 2.96. The van der Waals surface area contributed by atoms with Crippen LogP contribution in [0, 0.1) is 11.3 Å². The van der Waals surface area contributed by atoms with Crippen LogP contribution in [0.5, 0.6) is 11.5 Å². The molecule has 0 radical (unpaired) electrons. The first-order chi connectivity index (χ1) is 14.1. The molecule has 0 amide bonds. The highest BCUT2D eigenvalue weighted by Crippen LogP contribution is 2.26. The van der Waals surface area contributed by atoms with E-state index in [1.165, 1.54) is 11.1 Å². The van der Waals surface area contributed by atoms with E-state index in [0.717, 1.165) is 50.2 Å². The number of aliphatic hydroxyl groups excluding tert-OH is 1. The van der Waals surface area contributed by atoms with Gasteiger partial charge in [-0.05, 0) is 80.6 Å². The molecule has 1 heterocycles. The Morgan fingerprint density at radius 2 is 2.00 bits per heavy atom. The van der Waals surface area contributed by atoms with Crippen LogP contribution >= 0.6 is 0 Å². The Balaban J connectivity index is 1.59. The van der Waals surface area contributed by atoms with Gasteiger partial charge in [-0.2, -0.15) is 5.26 Å². The molecule has 29 heavy (non-hydrogen) atoms.